The maximum Gasteiger partial charge on any atom is 0.357 e. The standard InChI is InChI=1S/C13H20N2O3S/c1-3-18-12(16)11-9-19-13(14-11)15(2)6-7-17-8-10-4-5-10/h9-10H,3-8H2,1-2H3. The van der Waals surface area contributed by atoms with Gasteiger partial charge in [0, 0.05) is 25.6 Å². The second-order valence-electron chi connectivity index (χ2n) is 4.68. The van der Waals surface area contributed by atoms with Gasteiger partial charge in [0.25, 0.3) is 0 Å². The highest BCUT2D eigenvalue weighted by atomic mass is 32.1. The summed E-state index contributed by atoms with van der Waals surface area (Å²) in [5, 5.41) is 2.55. The molecule has 0 radical (unpaired) electrons. The molecule has 0 saturated heterocycles. The van der Waals surface area contributed by atoms with E-state index in [1.165, 1.54) is 24.2 Å². The Hall–Kier alpha value is -1.14. The van der Waals surface area contributed by atoms with Gasteiger partial charge in [-0.25, -0.2) is 9.78 Å². The van der Waals surface area contributed by atoms with Crippen molar-refractivity contribution in [2.24, 2.45) is 5.92 Å². The molecule has 1 fully saturated rings. The van der Waals surface area contributed by atoms with Gasteiger partial charge in [-0.3, -0.25) is 0 Å². The Balaban J connectivity index is 1.74. The highest BCUT2D eigenvalue weighted by molar-refractivity contribution is 7.13. The zero-order valence-electron chi connectivity index (χ0n) is 11.4. The Kier molecular flexibility index (Phi) is 5.15. The van der Waals surface area contributed by atoms with Crippen LogP contribution < -0.4 is 4.90 Å². The van der Waals surface area contributed by atoms with E-state index >= 15 is 0 Å². The quantitative estimate of drug-likeness (QED) is 0.541. The van der Waals surface area contributed by atoms with Crippen LogP contribution in [0.2, 0.25) is 0 Å². The molecular weight excluding hydrogens is 264 g/mol. The summed E-state index contributed by atoms with van der Waals surface area (Å²) in [5.41, 5.74) is 0.382. The average molecular weight is 284 g/mol. The minimum Gasteiger partial charge on any atom is -0.461 e. The second-order valence-corrected chi connectivity index (χ2v) is 5.51. The number of rotatable bonds is 8. The largest absolute Gasteiger partial charge is 0.461 e. The van der Waals surface area contributed by atoms with Gasteiger partial charge in [0.2, 0.25) is 0 Å². The molecule has 1 aliphatic rings. The molecule has 1 saturated carbocycles. The number of esters is 1. The molecule has 0 amide bonds. The molecule has 0 atom stereocenters. The van der Waals surface area contributed by atoms with Crippen LogP contribution in [0, 0.1) is 5.92 Å². The fourth-order valence-electron chi connectivity index (χ4n) is 1.57. The van der Waals surface area contributed by atoms with Crippen LogP contribution in [0.1, 0.15) is 30.3 Å². The van der Waals surface area contributed by atoms with Crippen molar-refractivity contribution in [3.63, 3.8) is 0 Å². The van der Waals surface area contributed by atoms with Gasteiger partial charge in [0.1, 0.15) is 0 Å². The molecule has 0 unspecified atom stereocenters. The molecule has 106 valence electrons. The van der Waals surface area contributed by atoms with E-state index in [-0.39, 0.29) is 5.97 Å². The number of anilines is 1. The van der Waals surface area contributed by atoms with E-state index in [4.69, 9.17) is 9.47 Å². The van der Waals surface area contributed by atoms with Crippen molar-refractivity contribution in [3.05, 3.63) is 11.1 Å². The second kappa shape index (κ2) is 6.86. The van der Waals surface area contributed by atoms with Crippen molar-refractivity contribution >= 4 is 22.4 Å². The van der Waals surface area contributed by atoms with E-state index in [0.717, 1.165) is 24.2 Å². The third kappa shape index (κ3) is 4.47. The zero-order valence-corrected chi connectivity index (χ0v) is 12.2. The molecule has 0 spiro atoms. The SMILES string of the molecule is CCOC(=O)c1csc(N(C)CCOCC2CC2)n1. The van der Waals surface area contributed by atoms with E-state index in [2.05, 4.69) is 4.98 Å². The van der Waals surface area contributed by atoms with Crippen molar-refractivity contribution in [2.75, 3.05) is 38.3 Å². The van der Waals surface area contributed by atoms with Gasteiger partial charge in [0.05, 0.1) is 13.2 Å². The zero-order chi connectivity index (χ0) is 13.7. The number of carbonyl (C=O) groups excluding carboxylic acids is 1. The van der Waals surface area contributed by atoms with Crippen LogP contribution in [-0.2, 0) is 9.47 Å². The Morgan fingerprint density at radius 3 is 3.05 bits per heavy atom. The summed E-state index contributed by atoms with van der Waals surface area (Å²) < 4.78 is 10.5. The van der Waals surface area contributed by atoms with Crippen molar-refractivity contribution in [3.8, 4) is 0 Å². The number of hydrogen-bond donors (Lipinski definition) is 0. The lowest BCUT2D eigenvalue weighted by Crippen LogP contribution is -2.23. The molecule has 1 aromatic heterocycles. The van der Waals surface area contributed by atoms with Gasteiger partial charge in [-0.1, -0.05) is 0 Å². The smallest absolute Gasteiger partial charge is 0.357 e. The van der Waals surface area contributed by atoms with Gasteiger partial charge in [-0.15, -0.1) is 11.3 Å². The van der Waals surface area contributed by atoms with Gasteiger partial charge < -0.3 is 14.4 Å². The Labute approximate surface area is 117 Å². The molecule has 19 heavy (non-hydrogen) atoms. The van der Waals surface area contributed by atoms with E-state index in [1.54, 1.807) is 12.3 Å². The molecule has 0 N–H and O–H groups in total. The van der Waals surface area contributed by atoms with Crippen LogP contribution in [-0.4, -0.2) is 44.4 Å². The molecule has 0 aromatic carbocycles. The van der Waals surface area contributed by atoms with Crippen molar-refractivity contribution in [1.29, 1.82) is 0 Å². The molecule has 0 aliphatic heterocycles. The van der Waals surface area contributed by atoms with E-state index in [1.807, 2.05) is 11.9 Å². The summed E-state index contributed by atoms with van der Waals surface area (Å²) >= 11 is 1.45. The third-order valence-electron chi connectivity index (χ3n) is 2.92. The fraction of sp³-hybridized carbons (Fsp3) is 0.692. The van der Waals surface area contributed by atoms with Gasteiger partial charge in [0.15, 0.2) is 10.8 Å². The van der Waals surface area contributed by atoms with Crippen molar-refractivity contribution in [2.45, 2.75) is 19.8 Å². The maximum atomic E-state index is 11.5. The summed E-state index contributed by atoms with van der Waals surface area (Å²) in [6, 6.07) is 0. The first-order valence-corrected chi connectivity index (χ1v) is 7.50. The van der Waals surface area contributed by atoms with Crippen LogP contribution in [0.4, 0.5) is 5.13 Å². The van der Waals surface area contributed by atoms with Gasteiger partial charge in [-0.05, 0) is 25.7 Å². The number of likely N-dealkylation sites (N-methyl/N-ethyl adjacent to an activating group) is 1. The number of thiazole rings is 1. The van der Waals surface area contributed by atoms with E-state index in [0.29, 0.717) is 18.9 Å². The van der Waals surface area contributed by atoms with Crippen LogP contribution in [0.3, 0.4) is 0 Å². The molecule has 1 aromatic rings. The average Bonchev–Trinajstić information content (AvgIpc) is 3.08. The number of aromatic nitrogens is 1. The molecule has 6 heteroatoms. The molecule has 1 heterocycles. The summed E-state index contributed by atoms with van der Waals surface area (Å²) in [6.45, 7) is 4.51. The third-order valence-corrected chi connectivity index (χ3v) is 3.88. The van der Waals surface area contributed by atoms with E-state index < -0.39 is 0 Å². The summed E-state index contributed by atoms with van der Waals surface area (Å²) in [4.78, 5) is 17.8. The first-order valence-electron chi connectivity index (χ1n) is 6.62. The number of carbonyl (C=O) groups is 1. The minimum absolute atomic E-state index is 0.358. The lowest BCUT2D eigenvalue weighted by molar-refractivity contribution is 0.0520. The lowest BCUT2D eigenvalue weighted by atomic mass is 10.5. The van der Waals surface area contributed by atoms with Crippen molar-refractivity contribution < 1.29 is 14.3 Å². The Morgan fingerprint density at radius 2 is 2.37 bits per heavy atom. The van der Waals surface area contributed by atoms with Gasteiger partial charge >= 0.3 is 5.97 Å². The summed E-state index contributed by atoms with van der Waals surface area (Å²) in [7, 11) is 1.95. The monoisotopic (exact) mass is 284 g/mol. The fourth-order valence-corrected chi connectivity index (χ4v) is 2.36. The minimum atomic E-state index is -0.358. The van der Waals surface area contributed by atoms with Crippen molar-refractivity contribution in [1.82, 2.24) is 4.98 Å². The lowest BCUT2D eigenvalue weighted by Gasteiger charge is -2.15. The van der Waals surface area contributed by atoms with Crippen LogP contribution >= 0.6 is 11.3 Å². The first kappa shape index (κ1) is 14.3. The highest BCUT2D eigenvalue weighted by Crippen LogP contribution is 2.28. The Bertz CT molecular complexity index is 418. The molecular formula is C13H20N2O3S. The predicted molar refractivity (Wildman–Crippen MR) is 74.9 cm³/mol. The predicted octanol–water partition coefficient (Wildman–Crippen LogP) is 2.18. The normalized spacial score (nSPS) is 14.4. The number of ether oxygens (including phenoxy) is 2. The molecule has 1 aliphatic carbocycles. The maximum absolute atomic E-state index is 11.5. The van der Waals surface area contributed by atoms with E-state index in [9.17, 15) is 4.79 Å². The van der Waals surface area contributed by atoms with Crippen LogP contribution in [0.25, 0.3) is 0 Å². The first-order chi connectivity index (χ1) is 9.20. The number of nitrogens with zero attached hydrogens (tertiary/aromatic N) is 2. The summed E-state index contributed by atoms with van der Waals surface area (Å²) in [6.07, 6.45) is 2.62. The number of hydrogen-bond acceptors (Lipinski definition) is 6. The molecule has 0 bridgehead atoms. The topological polar surface area (TPSA) is 51.7 Å². The van der Waals surface area contributed by atoms with Crippen LogP contribution in [0.15, 0.2) is 5.38 Å². The van der Waals surface area contributed by atoms with Crippen LogP contribution in [0.5, 0.6) is 0 Å². The Morgan fingerprint density at radius 1 is 1.58 bits per heavy atom. The van der Waals surface area contributed by atoms with Gasteiger partial charge in [-0.2, -0.15) is 0 Å². The molecule has 2 rings (SSSR count). The highest BCUT2D eigenvalue weighted by Gasteiger charge is 2.21. The summed E-state index contributed by atoms with van der Waals surface area (Å²) in [5.74, 6) is 0.434. The molecule has 5 nitrogen and oxygen atoms in total.